The molecule has 0 saturated carbocycles. The molecule has 40 heavy (non-hydrogen) atoms. The summed E-state index contributed by atoms with van der Waals surface area (Å²) < 4.78 is 11.0. The molecular weight excluding hydrogens is 502 g/mol. The number of rotatable bonds is 12. The Hall–Kier alpha value is -4.72. The second-order valence-corrected chi connectivity index (χ2v) is 9.30. The SMILES string of the molecule is COC(=O)C(Cc1cccc(C(=N)N)c1)C(C=Cc1ccccc1)NC(O)c1ccc(Oc2ccccc2)cc1. The van der Waals surface area contributed by atoms with Gasteiger partial charge >= 0.3 is 5.97 Å². The highest BCUT2D eigenvalue weighted by Crippen LogP contribution is 2.25. The molecule has 4 aromatic carbocycles. The Morgan fingerprint density at radius 1 is 0.925 bits per heavy atom. The third kappa shape index (κ3) is 7.89. The van der Waals surface area contributed by atoms with Gasteiger partial charge in [0.25, 0.3) is 0 Å². The smallest absolute Gasteiger partial charge is 0.310 e. The van der Waals surface area contributed by atoms with Gasteiger partial charge in [-0.25, -0.2) is 0 Å². The molecule has 5 N–H and O–H groups in total. The highest BCUT2D eigenvalue weighted by molar-refractivity contribution is 5.95. The maximum absolute atomic E-state index is 13.1. The van der Waals surface area contributed by atoms with Crippen molar-refractivity contribution in [2.45, 2.75) is 18.7 Å². The van der Waals surface area contributed by atoms with Gasteiger partial charge in [0, 0.05) is 11.6 Å². The van der Waals surface area contributed by atoms with Crippen LogP contribution in [0.1, 0.15) is 28.5 Å². The lowest BCUT2D eigenvalue weighted by Crippen LogP contribution is -2.42. The van der Waals surface area contributed by atoms with E-state index in [0.29, 0.717) is 23.3 Å². The van der Waals surface area contributed by atoms with Gasteiger partial charge in [-0.15, -0.1) is 0 Å². The highest BCUT2D eigenvalue weighted by Gasteiger charge is 2.30. The summed E-state index contributed by atoms with van der Waals surface area (Å²) in [5, 5.41) is 22.1. The van der Waals surface area contributed by atoms with E-state index in [1.165, 1.54) is 7.11 Å². The molecule has 4 aromatic rings. The Morgan fingerprint density at radius 3 is 2.23 bits per heavy atom. The molecule has 7 heteroatoms. The number of benzene rings is 4. The molecule has 0 aromatic heterocycles. The molecule has 7 nitrogen and oxygen atoms in total. The van der Waals surface area contributed by atoms with Gasteiger partial charge in [-0.1, -0.05) is 91.0 Å². The topological polar surface area (TPSA) is 118 Å². The van der Waals surface area contributed by atoms with Gasteiger partial charge in [-0.3, -0.25) is 15.5 Å². The van der Waals surface area contributed by atoms with Gasteiger partial charge in [0.1, 0.15) is 23.6 Å². The molecule has 204 valence electrons. The molecule has 0 aliphatic rings. The van der Waals surface area contributed by atoms with Crippen molar-refractivity contribution in [2.24, 2.45) is 11.7 Å². The number of nitrogens with two attached hydrogens (primary N) is 1. The van der Waals surface area contributed by atoms with Crippen LogP contribution in [0.15, 0.2) is 115 Å². The fraction of sp³-hybridized carbons (Fsp3) is 0.152. The van der Waals surface area contributed by atoms with E-state index >= 15 is 0 Å². The van der Waals surface area contributed by atoms with Gasteiger partial charge in [0.15, 0.2) is 0 Å². The van der Waals surface area contributed by atoms with Crippen molar-refractivity contribution in [3.05, 3.63) is 138 Å². The summed E-state index contributed by atoms with van der Waals surface area (Å²) in [6.07, 6.45) is 3.00. The van der Waals surface area contributed by atoms with Crippen LogP contribution in [0, 0.1) is 11.3 Å². The number of para-hydroxylation sites is 1. The highest BCUT2D eigenvalue weighted by atomic mass is 16.5. The monoisotopic (exact) mass is 535 g/mol. The standard InChI is InChI=1S/C33H33N3O4/c1-39-33(38)29(22-24-11-8-12-26(21-24)31(34)35)30(20-15-23-9-4-2-5-10-23)36-32(37)25-16-18-28(19-17-25)40-27-13-6-3-7-14-27/h2-21,29-30,32,36-37H,22H2,1H3,(H3,34,35). The zero-order valence-electron chi connectivity index (χ0n) is 22.2. The molecule has 0 saturated heterocycles. The Bertz CT molecular complexity index is 1420. The van der Waals surface area contributed by atoms with Crippen LogP contribution in [-0.2, 0) is 16.0 Å². The summed E-state index contributed by atoms with van der Waals surface area (Å²) in [7, 11) is 1.35. The van der Waals surface area contributed by atoms with E-state index in [2.05, 4.69) is 5.32 Å². The van der Waals surface area contributed by atoms with E-state index in [1.54, 1.807) is 42.5 Å². The molecule has 3 unspecified atom stereocenters. The molecule has 0 fully saturated rings. The van der Waals surface area contributed by atoms with E-state index in [0.717, 1.165) is 16.9 Å². The number of ether oxygens (including phenoxy) is 2. The van der Waals surface area contributed by atoms with Gasteiger partial charge in [0.05, 0.1) is 13.0 Å². The maximum atomic E-state index is 13.1. The van der Waals surface area contributed by atoms with Gasteiger partial charge in [-0.05, 0) is 53.4 Å². The Balaban J connectivity index is 1.58. The minimum atomic E-state index is -1.08. The number of carbonyl (C=O) groups excluding carboxylic acids is 1. The van der Waals surface area contributed by atoms with Gasteiger partial charge in [0.2, 0.25) is 0 Å². The molecule has 4 rings (SSSR count). The van der Waals surface area contributed by atoms with Crippen molar-refractivity contribution in [2.75, 3.05) is 7.11 Å². The van der Waals surface area contributed by atoms with Crippen LogP contribution in [0.25, 0.3) is 6.08 Å². The molecule has 0 radical (unpaired) electrons. The first-order valence-electron chi connectivity index (χ1n) is 12.9. The van der Waals surface area contributed by atoms with Crippen LogP contribution < -0.4 is 15.8 Å². The second-order valence-electron chi connectivity index (χ2n) is 9.30. The first kappa shape index (κ1) is 28.3. The van der Waals surface area contributed by atoms with Crippen LogP contribution in [0.5, 0.6) is 11.5 Å². The Labute approximate surface area is 234 Å². The Kier molecular flexibility index (Phi) is 9.83. The van der Waals surface area contributed by atoms with E-state index in [4.69, 9.17) is 20.6 Å². The number of esters is 1. The number of hydrogen-bond donors (Lipinski definition) is 4. The minimum Gasteiger partial charge on any atom is -0.469 e. The van der Waals surface area contributed by atoms with Crippen LogP contribution in [0.4, 0.5) is 0 Å². The summed E-state index contributed by atoms with van der Waals surface area (Å²) in [5.74, 6) is 0.199. The van der Waals surface area contributed by atoms with Gasteiger partial charge in [-0.2, -0.15) is 0 Å². The van der Waals surface area contributed by atoms with Crippen molar-refractivity contribution < 1.29 is 19.4 Å². The zero-order valence-corrected chi connectivity index (χ0v) is 22.2. The van der Waals surface area contributed by atoms with Crippen LogP contribution in [-0.4, -0.2) is 30.1 Å². The van der Waals surface area contributed by atoms with Crippen molar-refractivity contribution in [1.82, 2.24) is 5.32 Å². The third-order valence-electron chi connectivity index (χ3n) is 6.45. The lowest BCUT2D eigenvalue weighted by Gasteiger charge is -2.27. The van der Waals surface area contributed by atoms with Crippen LogP contribution >= 0.6 is 0 Å². The average molecular weight is 536 g/mol. The molecule has 0 bridgehead atoms. The predicted octanol–water partition coefficient (Wildman–Crippen LogP) is 5.46. The molecule has 0 amide bonds. The van der Waals surface area contributed by atoms with Crippen molar-refractivity contribution >= 4 is 17.9 Å². The quantitative estimate of drug-likeness (QED) is 0.0829. The van der Waals surface area contributed by atoms with Crippen molar-refractivity contribution in [3.63, 3.8) is 0 Å². The number of methoxy groups -OCH3 is 1. The summed E-state index contributed by atoms with van der Waals surface area (Å²) >= 11 is 0. The zero-order chi connectivity index (χ0) is 28.3. The third-order valence-corrected chi connectivity index (χ3v) is 6.45. The van der Waals surface area contributed by atoms with Crippen LogP contribution in [0.2, 0.25) is 0 Å². The molecule has 3 atom stereocenters. The number of carbonyl (C=O) groups is 1. The summed E-state index contributed by atoms with van der Waals surface area (Å²) in [6.45, 7) is 0. The fourth-order valence-corrected chi connectivity index (χ4v) is 4.33. The maximum Gasteiger partial charge on any atom is 0.310 e. The summed E-state index contributed by atoms with van der Waals surface area (Å²) in [6, 6.07) is 32.9. The summed E-state index contributed by atoms with van der Waals surface area (Å²) in [5.41, 5.74) is 8.64. The number of aliphatic hydroxyl groups excluding tert-OH is 1. The average Bonchev–Trinajstić information content (AvgIpc) is 2.99. The first-order valence-corrected chi connectivity index (χ1v) is 12.9. The van der Waals surface area contributed by atoms with E-state index in [9.17, 15) is 9.90 Å². The number of amidine groups is 1. The van der Waals surface area contributed by atoms with Crippen molar-refractivity contribution in [3.8, 4) is 11.5 Å². The van der Waals surface area contributed by atoms with E-state index in [1.807, 2.05) is 78.9 Å². The molecule has 0 heterocycles. The number of aliphatic hydroxyl groups is 1. The Morgan fingerprint density at radius 2 is 1.57 bits per heavy atom. The molecular formula is C33H33N3O4. The lowest BCUT2D eigenvalue weighted by atomic mass is 9.90. The second kappa shape index (κ2) is 13.9. The first-order chi connectivity index (χ1) is 19.4. The normalized spacial score (nSPS) is 13.3. The van der Waals surface area contributed by atoms with Crippen LogP contribution in [0.3, 0.4) is 0 Å². The van der Waals surface area contributed by atoms with E-state index < -0.39 is 24.2 Å². The molecule has 0 spiro atoms. The predicted molar refractivity (Wildman–Crippen MR) is 157 cm³/mol. The minimum absolute atomic E-state index is 0.0507. The fourth-order valence-electron chi connectivity index (χ4n) is 4.33. The number of nitrogen functional groups attached to an aromatic ring is 1. The number of nitrogens with one attached hydrogen (secondary N) is 2. The lowest BCUT2D eigenvalue weighted by molar-refractivity contribution is -0.146. The largest absolute Gasteiger partial charge is 0.469 e. The van der Waals surface area contributed by atoms with E-state index in [-0.39, 0.29) is 5.84 Å². The summed E-state index contributed by atoms with van der Waals surface area (Å²) in [4.78, 5) is 13.1. The van der Waals surface area contributed by atoms with Crippen molar-refractivity contribution in [1.29, 1.82) is 5.41 Å². The molecule has 0 aliphatic heterocycles. The number of hydrogen-bond acceptors (Lipinski definition) is 6. The molecule has 0 aliphatic carbocycles. The van der Waals surface area contributed by atoms with Gasteiger partial charge < -0.3 is 20.3 Å².